The van der Waals surface area contributed by atoms with Crippen LogP contribution in [-0.4, -0.2) is 17.7 Å². The van der Waals surface area contributed by atoms with Gasteiger partial charge in [0.25, 0.3) is 0 Å². The second-order valence-electron chi connectivity index (χ2n) is 6.38. The van der Waals surface area contributed by atoms with Crippen molar-refractivity contribution in [3.63, 3.8) is 0 Å². The average molecular weight is 368 g/mol. The highest BCUT2D eigenvalue weighted by Crippen LogP contribution is 2.31. The van der Waals surface area contributed by atoms with E-state index in [-0.39, 0.29) is 12.4 Å². The number of aliphatic carboxylic acids is 1. The van der Waals surface area contributed by atoms with E-state index in [9.17, 15) is 18.0 Å². The first-order chi connectivity index (χ1) is 12.1. The minimum absolute atomic E-state index is 0.248. The van der Waals surface area contributed by atoms with E-state index < -0.39 is 23.1 Å². The molecule has 2 rings (SSSR count). The summed E-state index contributed by atoms with van der Waals surface area (Å²) < 4.78 is 48.6. The summed E-state index contributed by atoms with van der Waals surface area (Å²) in [6.07, 6.45) is -4.03. The number of carboxylic acid groups (broad SMARTS) is 1. The summed E-state index contributed by atoms with van der Waals surface area (Å²) >= 11 is 0. The topological polar surface area (TPSA) is 55.8 Å². The molecule has 140 valence electrons. The molecule has 0 heterocycles. The van der Waals surface area contributed by atoms with Crippen molar-refractivity contribution in [3.05, 3.63) is 54.1 Å². The highest BCUT2D eigenvalue weighted by molar-refractivity contribution is 5.73. The van der Waals surface area contributed by atoms with Crippen LogP contribution in [0.3, 0.4) is 0 Å². The minimum Gasteiger partial charge on any atom is -0.494 e. The molecular weight excluding hydrogens is 349 g/mol. The number of alkyl halides is 3. The molecule has 26 heavy (non-hydrogen) atoms. The maximum Gasteiger partial charge on any atom is 0.416 e. The van der Waals surface area contributed by atoms with Gasteiger partial charge in [0, 0.05) is 0 Å². The Morgan fingerprint density at radius 3 is 1.85 bits per heavy atom. The zero-order chi connectivity index (χ0) is 19.4. The molecule has 0 atom stereocenters. The molecule has 1 N–H and O–H groups in total. The van der Waals surface area contributed by atoms with Crippen LogP contribution in [-0.2, 0) is 11.0 Å². The fourth-order valence-electron chi connectivity index (χ4n) is 1.98. The summed E-state index contributed by atoms with van der Waals surface area (Å²) in [6, 6.07) is 10.9. The Balaban J connectivity index is 1.90. The second-order valence-corrected chi connectivity index (χ2v) is 6.38. The number of rotatable bonds is 7. The summed E-state index contributed by atoms with van der Waals surface area (Å²) in [7, 11) is 0. The van der Waals surface area contributed by atoms with E-state index in [1.165, 1.54) is 12.1 Å². The summed E-state index contributed by atoms with van der Waals surface area (Å²) in [5.74, 6) is 0.394. The molecule has 7 heteroatoms. The number of hydrogen-bond acceptors (Lipinski definition) is 3. The van der Waals surface area contributed by atoms with Crippen LogP contribution in [0.1, 0.15) is 25.8 Å². The van der Waals surface area contributed by atoms with Crippen LogP contribution in [0.2, 0.25) is 0 Å². The molecular formula is C19H19F3O4. The van der Waals surface area contributed by atoms with Crippen molar-refractivity contribution in [2.24, 2.45) is 5.41 Å². The Labute approximate surface area is 149 Å². The van der Waals surface area contributed by atoms with Crippen LogP contribution in [0.25, 0.3) is 0 Å². The van der Waals surface area contributed by atoms with Gasteiger partial charge in [-0.15, -0.1) is 0 Å². The molecule has 0 aliphatic carbocycles. The van der Waals surface area contributed by atoms with Crippen LogP contribution < -0.4 is 9.47 Å². The first kappa shape index (κ1) is 19.6. The number of ether oxygens (including phenoxy) is 2. The fourth-order valence-corrected chi connectivity index (χ4v) is 1.98. The lowest BCUT2D eigenvalue weighted by atomic mass is 9.90. The number of carbonyl (C=O) groups is 1. The van der Waals surface area contributed by atoms with Gasteiger partial charge in [0.05, 0.1) is 17.6 Å². The van der Waals surface area contributed by atoms with Crippen LogP contribution in [0.5, 0.6) is 17.2 Å². The summed E-state index contributed by atoms with van der Waals surface area (Å²) in [4.78, 5) is 11.0. The fraction of sp³-hybridized carbons (Fsp3) is 0.316. The number of halogens is 3. The molecule has 0 bridgehead atoms. The molecule has 0 amide bonds. The Morgan fingerprint density at radius 1 is 0.923 bits per heavy atom. The molecule has 2 aromatic rings. The Morgan fingerprint density at radius 2 is 1.38 bits per heavy atom. The number of carboxylic acids is 1. The van der Waals surface area contributed by atoms with E-state index in [1.807, 2.05) is 0 Å². The molecule has 0 aliphatic heterocycles. The molecule has 0 unspecified atom stereocenters. The molecule has 0 saturated carbocycles. The zero-order valence-corrected chi connectivity index (χ0v) is 14.3. The van der Waals surface area contributed by atoms with Gasteiger partial charge in [-0.05, 0) is 68.8 Å². The van der Waals surface area contributed by atoms with Gasteiger partial charge in [-0.1, -0.05) is 0 Å². The SMILES string of the molecule is CC(C)(CCOc1ccc(Oc2ccc(C(F)(F)F)cc2)cc1)C(=O)O. The molecule has 0 aromatic heterocycles. The van der Waals surface area contributed by atoms with Crippen LogP contribution in [0.4, 0.5) is 13.2 Å². The van der Waals surface area contributed by atoms with E-state index in [1.54, 1.807) is 38.1 Å². The standard InChI is InChI=1S/C19H19F3O4/c1-18(2,17(23)24)11-12-25-14-7-9-16(10-8-14)26-15-5-3-13(4-6-15)19(20,21)22/h3-10H,11-12H2,1-2H3,(H,23,24). The predicted molar refractivity (Wildman–Crippen MR) is 89.5 cm³/mol. The lowest BCUT2D eigenvalue weighted by Crippen LogP contribution is -2.25. The van der Waals surface area contributed by atoms with E-state index in [0.717, 1.165) is 12.1 Å². The smallest absolute Gasteiger partial charge is 0.416 e. The Kier molecular flexibility index (Phi) is 5.79. The molecule has 2 aromatic carbocycles. The van der Waals surface area contributed by atoms with Gasteiger partial charge >= 0.3 is 12.1 Å². The maximum atomic E-state index is 12.5. The van der Waals surface area contributed by atoms with E-state index in [0.29, 0.717) is 17.9 Å². The van der Waals surface area contributed by atoms with Crippen LogP contribution in [0, 0.1) is 5.41 Å². The van der Waals surface area contributed by atoms with Crippen molar-refractivity contribution in [1.82, 2.24) is 0 Å². The number of hydrogen-bond donors (Lipinski definition) is 1. The van der Waals surface area contributed by atoms with E-state index in [2.05, 4.69) is 0 Å². The van der Waals surface area contributed by atoms with Crippen LogP contribution in [0.15, 0.2) is 48.5 Å². The van der Waals surface area contributed by atoms with Crippen molar-refractivity contribution < 1.29 is 32.5 Å². The molecule has 0 spiro atoms. The zero-order valence-electron chi connectivity index (χ0n) is 14.3. The first-order valence-corrected chi connectivity index (χ1v) is 7.89. The van der Waals surface area contributed by atoms with Gasteiger partial charge in [0.15, 0.2) is 0 Å². The third-order valence-corrected chi connectivity index (χ3v) is 3.82. The Bertz CT molecular complexity index is 735. The lowest BCUT2D eigenvalue weighted by molar-refractivity contribution is -0.147. The van der Waals surface area contributed by atoms with Crippen molar-refractivity contribution in [2.75, 3.05) is 6.61 Å². The molecule has 0 radical (unpaired) electrons. The third kappa shape index (κ3) is 5.40. The quantitative estimate of drug-likeness (QED) is 0.713. The molecule has 4 nitrogen and oxygen atoms in total. The van der Waals surface area contributed by atoms with E-state index in [4.69, 9.17) is 14.6 Å². The molecule has 0 fully saturated rings. The Hall–Kier alpha value is -2.70. The lowest BCUT2D eigenvalue weighted by Gasteiger charge is -2.18. The second kappa shape index (κ2) is 7.68. The maximum absolute atomic E-state index is 12.5. The monoisotopic (exact) mass is 368 g/mol. The summed E-state index contributed by atoms with van der Waals surface area (Å²) in [5.41, 5.74) is -1.61. The summed E-state index contributed by atoms with van der Waals surface area (Å²) in [6.45, 7) is 3.50. The van der Waals surface area contributed by atoms with Gasteiger partial charge in [0.1, 0.15) is 17.2 Å². The highest BCUT2D eigenvalue weighted by atomic mass is 19.4. The van der Waals surface area contributed by atoms with Gasteiger partial charge < -0.3 is 14.6 Å². The summed E-state index contributed by atoms with van der Waals surface area (Å²) in [5, 5.41) is 9.04. The highest BCUT2D eigenvalue weighted by Gasteiger charge is 2.30. The van der Waals surface area contributed by atoms with Gasteiger partial charge in [-0.2, -0.15) is 13.2 Å². The normalized spacial score (nSPS) is 11.9. The van der Waals surface area contributed by atoms with Crippen molar-refractivity contribution in [3.8, 4) is 17.2 Å². The average Bonchev–Trinajstić information content (AvgIpc) is 2.56. The van der Waals surface area contributed by atoms with Gasteiger partial charge in [0.2, 0.25) is 0 Å². The molecule has 0 saturated heterocycles. The largest absolute Gasteiger partial charge is 0.494 e. The first-order valence-electron chi connectivity index (χ1n) is 7.89. The molecule has 0 aliphatic rings. The van der Waals surface area contributed by atoms with Gasteiger partial charge in [-0.3, -0.25) is 4.79 Å². The number of benzene rings is 2. The predicted octanol–water partition coefficient (Wildman–Crippen LogP) is 5.38. The van der Waals surface area contributed by atoms with Crippen molar-refractivity contribution in [1.29, 1.82) is 0 Å². The van der Waals surface area contributed by atoms with E-state index >= 15 is 0 Å². The minimum atomic E-state index is -4.38. The third-order valence-electron chi connectivity index (χ3n) is 3.82. The van der Waals surface area contributed by atoms with Crippen molar-refractivity contribution in [2.45, 2.75) is 26.4 Å². The van der Waals surface area contributed by atoms with Gasteiger partial charge in [-0.25, -0.2) is 0 Å². The van der Waals surface area contributed by atoms with Crippen molar-refractivity contribution >= 4 is 5.97 Å². The van der Waals surface area contributed by atoms with Crippen LogP contribution >= 0.6 is 0 Å².